The molecule has 11 nitrogen and oxygen atoms in total. The number of benzene rings is 2. The summed E-state index contributed by atoms with van der Waals surface area (Å²) in [6, 6.07) is 7.95. The van der Waals surface area contributed by atoms with Crippen molar-refractivity contribution in [3.63, 3.8) is 0 Å². The van der Waals surface area contributed by atoms with Gasteiger partial charge in [-0.15, -0.1) is 0 Å². The number of nitrogens with zero attached hydrogens (tertiary/aromatic N) is 4. The summed E-state index contributed by atoms with van der Waals surface area (Å²) in [4.78, 5) is 40.9. The molecule has 12 heteroatoms. The predicted octanol–water partition coefficient (Wildman–Crippen LogP) is 4.80. The van der Waals surface area contributed by atoms with E-state index in [2.05, 4.69) is 26.0 Å². The van der Waals surface area contributed by atoms with Gasteiger partial charge in [-0.05, 0) is 44.5 Å². The van der Waals surface area contributed by atoms with Crippen LogP contribution in [0.1, 0.15) is 51.4 Å². The summed E-state index contributed by atoms with van der Waals surface area (Å²) in [7, 11) is 0. The number of hydrogen-bond acceptors (Lipinski definition) is 9. The Hall–Kier alpha value is -3.80. The molecule has 37 heavy (non-hydrogen) atoms. The van der Waals surface area contributed by atoms with Crippen molar-refractivity contribution in [2.75, 3.05) is 19.8 Å². The van der Waals surface area contributed by atoms with Crippen LogP contribution in [0.15, 0.2) is 44.7 Å². The van der Waals surface area contributed by atoms with Crippen molar-refractivity contribution in [3.8, 4) is 11.5 Å². The van der Waals surface area contributed by atoms with Crippen LogP contribution >= 0.6 is 15.9 Å². The fourth-order valence-corrected chi connectivity index (χ4v) is 3.82. The first-order valence-corrected chi connectivity index (χ1v) is 12.5. The molecule has 0 aliphatic heterocycles. The fraction of sp³-hybridized carbons (Fsp3) is 0.360. The molecule has 0 aliphatic rings. The highest BCUT2D eigenvalue weighted by molar-refractivity contribution is 9.10. The lowest BCUT2D eigenvalue weighted by atomic mass is 10.1. The van der Waals surface area contributed by atoms with Crippen molar-refractivity contribution < 1.29 is 23.9 Å². The number of halogens is 1. The number of aromatic nitrogens is 2. The zero-order chi connectivity index (χ0) is 27.1. The fourth-order valence-electron chi connectivity index (χ4n) is 3.46. The highest BCUT2D eigenvalue weighted by Gasteiger charge is 2.24. The number of nitro groups is 1. The molecule has 0 N–H and O–H groups in total. The van der Waals surface area contributed by atoms with E-state index in [-0.39, 0.29) is 41.8 Å². The zero-order valence-corrected chi connectivity index (χ0v) is 22.5. The number of fused-ring (bicyclic) bond motifs is 1. The largest absolute Gasteiger partial charge is 0.490 e. The Morgan fingerprint density at radius 2 is 1.97 bits per heavy atom. The summed E-state index contributed by atoms with van der Waals surface area (Å²) in [5.41, 5.74) is 0.0424. The van der Waals surface area contributed by atoms with Crippen LogP contribution in [0.25, 0.3) is 10.9 Å². The Bertz CT molecular complexity index is 1400. The Morgan fingerprint density at radius 1 is 1.22 bits per heavy atom. The van der Waals surface area contributed by atoms with E-state index in [1.165, 1.54) is 23.0 Å². The molecule has 0 saturated heterocycles. The number of nitro benzene ring substituents is 1. The maximum absolute atomic E-state index is 13.3. The summed E-state index contributed by atoms with van der Waals surface area (Å²) in [6.07, 6.45) is 2.04. The van der Waals surface area contributed by atoms with E-state index in [9.17, 15) is 19.7 Å². The average molecular weight is 575 g/mol. The summed E-state index contributed by atoms with van der Waals surface area (Å²) < 4.78 is 17.7. The number of ether oxygens (including phenoxy) is 3. The van der Waals surface area contributed by atoms with Crippen molar-refractivity contribution >= 4 is 44.7 Å². The van der Waals surface area contributed by atoms with Gasteiger partial charge in [-0.25, -0.2) is 9.78 Å². The molecule has 0 saturated carbocycles. The highest BCUT2D eigenvalue weighted by Crippen LogP contribution is 2.38. The molecule has 0 spiro atoms. The summed E-state index contributed by atoms with van der Waals surface area (Å²) in [5.74, 6) is -0.432. The molecular formula is C25H27BrN4O7. The van der Waals surface area contributed by atoms with E-state index < -0.39 is 23.2 Å². The second-order valence-electron chi connectivity index (χ2n) is 7.95. The molecule has 1 atom stereocenters. The van der Waals surface area contributed by atoms with Gasteiger partial charge >= 0.3 is 11.7 Å². The lowest BCUT2D eigenvalue weighted by Crippen LogP contribution is -2.23. The smallest absolute Gasteiger partial charge is 0.344 e. The number of rotatable bonds is 11. The number of hydrogen-bond donors (Lipinski definition) is 0. The third-order valence-electron chi connectivity index (χ3n) is 5.40. The van der Waals surface area contributed by atoms with Crippen LogP contribution in [0, 0.1) is 10.1 Å². The van der Waals surface area contributed by atoms with Gasteiger partial charge in [0.2, 0.25) is 5.75 Å². The molecule has 0 fully saturated rings. The van der Waals surface area contributed by atoms with Crippen LogP contribution in [0.3, 0.4) is 0 Å². The topological polar surface area (TPSA) is 135 Å². The van der Waals surface area contributed by atoms with Gasteiger partial charge in [0.25, 0.3) is 5.56 Å². The SMILES string of the molecule is CCOC(=O)COc1c(OCC)cc(C=Nn2c([C@H](C)CC)nc3ccc(Br)cc3c2=O)cc1[N+](=O)[O-]. The van der Waals surface area contributed by atoms with E-state index >= 15 is 0 Å². The van der Waals surface area contributed by atoms with Gasteiger partial charge in [0, 0.05) is 22.0 Å². The molecule has 3 aromatic rings. The normalized spacial score (nSPS) is 12.0. The average Bonchev–Trinajstić information content (AvgIpc) is 2.87. The standard InChI is InChI=1S/C25H27BrN4O7/c1-5-15(4)24-28-19-9-8-17(26)12-18(19)25(32)29(24)27-13-16-10-20(30(33)34)23(21(11-16)35-6-2)37-14-22(31)36-7-3/h8-13,15H,5-7,14H2,1-4H3/t15-/m1/s1. The van der Waals surface area contributed by atoms with Crippen molar-refractivity contribution in [2.24, 2.45) is 5.10 Å². The first-order chi connectivity index (χ1) is 17.7. The van der Waals surface area contributed by atoms with E-state index in [1.54, 1.807) is 26.0 Å². The van der Waals surface area contributed by atoms with Gasteiger partial charge in [0.05, 0.1) is 35.3 Å². The zero-order valence-electron chi connectivity index (χ0n) is 20.9. The molecule has 0 amide bonds. The first-order valence-electron chi connectivity index (χ1n) is 11.7. The van der Waals surface area contributed by atoms with E-state index in [0.29, 0.717) is 16.7 Å². The number of esters is 1. The second-order valence-corrected chi connectivity index (χ2v) is 8.87. The van der Waals surface area contributed by atoms with Crippen LogP contribution in [0.2, 0.25) is 0 Å². The van der Waals surface area contributed by atoms with Crippen LogP contribution in [0.5, 0.6) is 11.5 Å². The summed E-state index contributed by atoms with van der Waals surface area (Å²) >= 11 is 3.38. The predicted molar refractivity (Wildman–Crippen MR) is 142 cm³/mol. The van der Waals surface area contributed by atoms with Gasteiger partial charge in [0.15, 0.2) is 12.4 Å². The lowest BCUT2D eigenvalue weighted by Gasteiger charge is -2.14. The van der Waals surface area contributed by atoms with Gasteiger partial charge in [0.1, 0.15) is 5.82 Å². The summed E-state index contributed by atoms with van der Waals surface area (Å²) in [5, 5.41) is 16.6. The number of carbonyl (C=O) groups excluding carboxylic acids is 1. The third-order valence-corrected chi connectivity index (χ3v) is 5.90. The molecule has 0 aliphatic carbocycles. The Balaban J connectivity index is 2.12. The molecule has 1 heterocycles. The van der Waals surface area contributed by atoms with Gasteiger partial charge in [-0.3, -0.25) is 14.9 Å². The first kappa shape index (κ1) is 27.8. The molecule has 2 aromatic carbocycles. The van der Waals surface area contributed by atoms with Gasteiger partial charge in [-0.1, -0.05) is 29.8 Å². The molecular weight excluding hydrogens is 548 g/mol. The Kier molecular flexibility index (Phi) is 9.34. The minimum atomic E-state index is -0.669. The van der Waals surface area contributed by atoms with Crippen molar-refractivity contribution in [2.45, 2.75) is 40.0 Å². The Morgan fingerprint density at radius 3 is 2.62 bits per heavy atom. The number of carbonyl (C=O) groups is 1. The van der Waals surface area contributed by atoms with Crippen LogP contribution in [-0.4, -0.2) is 46.6 Å². The molecule has 3 rings (SSSR count). The minimum absolute atomic E-state index is 0.0533. The second kappa shape index (κ2) is 12.4. The van der Waals surface area contributed by atoms with E-state index in [1.807, 2.05) is 19.9 Å². The monoisotopic (exact) mass is 574 g/mol. The summed E-state index contributed by atoms with van der Waals surface area (Å²) in [6.45, 7) is 7.08. The molecule has 196 valence electrons. The Labute approximate surface area is 221 Å². The van der Waals surface area contributed by atoms with Crippen molar-refractivity contribution in [3.05, 3.63) is 66.7 Å². The third kappa shape index (κ3) is 6.50. The molecule has 0 unspecified atom stereocenters. The van der Waals surface area contributed by atoms with Crippen LogP contribution in [0.4, 0.5) is 5.69 Å². The van der Waals surface area contributed by atoms with E-state index in [0.717, 1.165) is 10.9 Å². The van der Waals surface area contributed by atoms with Crippen LogP contribution < -0.4 is 15.0 Å². The molecule has 0 bridgehead atoms. The van der Waals surface area contributed by atoms with Crippen molar-refractivity contribution in [1.82, 2.24) is 9.66 Å². The highest BCUT2D eigenvalue weighted by atomic mass is 79.9. The van der Waals surface area contributed by atoms with E-state index in [4.69, 9.17) is 14.2 Å². The maximum Gasteiger partial charge on any atom is 0.344 e. The van der Waals surface area contributed by atoms with Crippen LogP contribution in [-0.2, 0) is 9.53 Å². The molecule has 0 radical (unpaired) electrons. The molecule has 1 aromatic heterocycles. The lowest BCUT2D eigenvalue weighted by molar-refractivity contribution is -0.385. The van der Waals surface area contributed by atoms with Gasteiger partial charge < -0.3 is 14.2 Å². The van der Waals surface area contributed by atoms with Crippen molar-refractivity contribution in [1.29, 1.82) is 0 Å². The minimum Gasteiger partial charge on any atom is -0.490 e. The maximum atomic E-state index is 13.3. The quantitative estimate of drug-likeness (QED) is 0.138. The van der Waals surface area contributed by atoms with Gasteiger partial charge in [-0.2, -0.15) is 9.78 Å².